The van der Waals surface area contributed by atoms with E-state index in [9.17, 15) is 19.2 Å². The molecule has 1 aliphatic heterocycles. The van der Waals surface area contributed by atoms with E-state index in [0.717, 1.165) is 0 Å². The van der Waals surface area contributed by atoms with Gasteiger partial charge in [-0.05, 0) is 50.6 Å². The van der Waals surface area contributed by atoms with Gasteiger partial charge < -0.3 is 24.2 Å². The Labute approximate surface area is 185 Å². The van der Waals surface area contributed by atoms with Crippen molar-refractivity contribution in [2.45, 2.75) is 32.9 Å². The van der Waals surface area contributed by atoms with Crippen LogP contribution in [0.4, 0.5) is 4.79 Å². The molecule has 9 heteroatoms. The lowest BCUT2D eigenvalue weighted by Crippen LogP contribution is -2.52. The first-order valence-electron chi connectivity index (χ1n) is 10.3. The number of carbonyl (C=O) groups is 3. The van der Waals surface area contributed by atoms with Crippen molar-refractivity contribution >= 4 is 18.0 Å². The molecule has 2 aromatic rings. The molecule has 0 atom stereocenters. The van der Waals surface area contributed by atoms with Crippen molar-refractivity contribution in [3.63, 3.8) is 0 Å². The van der Waals surface area contributed by atoms with E-state index in [-0.39, 0.29) is 23.6 Å². The summed E-state index contributed by atoms with van der Waals surface area (Å²) in [5.74, 6) is -1.26. The van der Waals surface area contributed by atoms with Gasteiger partial charge in [0.15, 0.2) is 0 Å². The summed E-state index contributed by atoms with van der Waals surface area (Å²) in [6, 6.07) is 9.33. The van der Waals surface area contributed by atoms with Crippen molar-refractivity contribution in [3.8, 4) is 11.1 Å². The van der Waals surface area contributed by atoms with Gasteiger partial charge in [-0.25, -0.2) is 9.59 Å². The third-order valence-electron chi connectivity index (χ3n) is 5.05. The van der Waals surface area contributed by atoms with Gasteiger partial charge in [-0.15, -0.1) is 0 Å². The van der Waals surface area contributed by atoms with Crippen LogP contribution in [-0.4, -0.2) is 69.2 Å². The Morgan fingerprint density at radius 1 is 0.969 bits per heavy atom. The van der Waals surface area contributed by atoms with Gasteiger partial charge in [-0.3, -0.25) is 9.59 Å². The monoisotopic (exact) mass is 441 g/mol. The van der Waals surface area contributed by atoms with Crippen LogP contribution in [0.1, 0.15) is 31.1 Å². The van der Waals surface area contributed by atoms with Crippen molar-refractivity contribution in [2.75, 3.05) is 26.2 Å². The van der Waals surface area contributed by atoms with Gasteiger partial charge in [0.05, 0.1) is 5.56 Å². The SMILES string of the molecule is CC(C)(C)OC(=O)N1CCN(C(=O)Cn2cccc(-c3ccc(C(=O)O)cc3)c2=O)CC1. The number of amides is 2. The number of nitrogens with zero attached hydrogens (tertiary/aromatic N) is 3. The maximum absolute atomic E-state index is 12.9. The van der Waals surface area contributed by atoms with Crippen LogP contribution in [0.3, 0.4) is 0 Å². The summed E-state index contributed by atoms with van der Waals surface area (Å²) in [6.45, 7) is 6.75. The number of carboxylic acids is 1. The Kier molecular flexibility index (Phi) is 6.67. The molecular formula is C23H27N3O6. The lowest BCUT2D eigenvalue weighted by Gasteiger charge is -2.35. The summed E-state index contributed by atoms with van der Waals surface area (Å²) < 4.78 is 6.70. The molecule has 1 aliphatic rings. The first-order chi connectivity index (χ1) is 15.0. The number of pyridine rings is 1. The Morgan fingerprint density at radius 3 is 2.12 bits per heavy atom. The van der Waals surface area contributed by atoms with Crippen molar-refractivity contribution in [2.24, 2.45) is 0 Å². The largest absolute Gasteiger partial charge is 0.478 e. The van der Waals surface area contributed by atoms with Crippen LogP contribution in [0.2, 0.25) is 0 Å². The molecule has 1 fully saturated rings. The van der Waals surface area contributed by atoms with Crippen LogP contribution in [0.15, 0.2) is 47.4 Å². The van der Waals surface area contributed by atoms with Crippen LogP contribution in [-0.2, 0) is 16.1 Å². The molecule has 0 aliphatic carbocycles. The lowest BCUT2D eigenvalue weighted by atomic mass is 10.1. The number of benzene rings is 1. The van der Waals surface area contributed by atoms with E-state index < -0.39 is 17.7 Å². The predicted octanol–water partition coefficient (Wildman–Crippen LogP) is 2.29. The van der Waals surface area contributed by atoms with Crippen LogP contribution < -0.4 is 5.56 Å². The molecule has 2 amide bonds. The average molecular weight is 441 g/mol. The van der Waals surface area contributed by atoms with Crippen LogP contribution in [0.25, 0.3) is 11.1 Å². The zero-order valence-corrected chi connectivity index (χ0v) is 18.4. The lowest BCUT2D eigenvalue weighted by molar-refractivity contribution is -0.133. The summed E-state index contributed by atoms with van der Waals surface area (Å²) in [4.78, 5) is 52.0. The van der Waals surface area contributed by atoms with Gasteiger partial charge in [0.25, 0.3) is 5.56 Å². The zero-order valence-electron chi connectivity index (χ0n) is 18.4. The highest BCUT2D eigenvalue weighted by molar-refractivity contribution is 5.88. The molecule has 32 heavy (non-hydrogen) atoms. The minimum absolute atomic E-state index is 0.119. The van der Waals surface area contributed by atoms with Gasteiger partial charge in [-0.2, -0.15) is 0 Å². The Bertz CT molecular complexity index is 1060. The number of carbonyl (C=O) groups excluding carboxylic acids is 2. The van der Waals surface area contributed by atoms with Crippen molar-refractivity contribution in [1.82, 2.24) is 14.4 Å². The first-order valence-corrected chi connectivity index (χ1v) is 10.3. The van der Waals surface area contributed by atoms with E-state index in [1.165, 1.54) is 16.7 Å². The zero-order chi connectivity index (χ0) is 23.5. The number of ether oxygens (including phenoxy) is 1. The van der Waals surface area contributed by atoms with Crippen LogP contribution in [0.5, 0.6) is 0 Å². The molecule has 0 bridgehead atoms. The van der Waals surface area contributed by atoms with Gasteiger partial charge >= 0.3 is 12.1 Å². The second kappa shape index (κ2) is 9.25. The summed E-state index contributed by atoms with van der Waals surface area (Å²) in [6.07, 6.45) is 1.15. The number of aromatic carboxylic acids is 1. The maximum Gasteiger partial charge on any atom is 0.410 e. The minimum atomic E-state index is -1.04. The molecule has 1 saturated heterocycles. The maximum atomic E-state index is 12.9. The van der Waals surface area contributed by atoms with E-state index in [1.54, 1.807) is 61.0 Å². The summed E-state index contributed by atoms with van der Waals surface area (Å²) in [5, 5.41) is 9.03. The fraction of sp³-hybridized carbons (Fsp3) is 0.391. The highest BCUT2D eigenvalue weighted by atomic mass is 16.6. The van der Waals surface area contributed by atoms with Gasteiger partial charge in [0.2, 0.25) is 5.91 Å². The molecule has 0 saturated carbocycles. The predicted molar refractivity (Wildman–Crippen MR) is 117 cm³/mol. The van der Waals surface area contributed by atoms with E-state index in [4.69, 9.17) is 9.84 Å². The van der Waals surface area contributed by atoms with Crippen molar-refractivity contribution in [3.05, 3.63) is 58.5 Å². The molecule has 170 valence electrons. The van der Waals surface area contributed by atoms with E-state index >= 15 is 0 Å². The van der Waals surface area contributed by atoms with Crippen molar-refractivity contribution < 1.29 is 24.2 Å². The number of piperazine rings is 1. The average Bonchev–Trinajstić information content (AvgIpc) is 2.74. The normalized spacial score (nSPS) is 14.2. The summed E-state index contributed by atoms with van der Waals surface area (Å²) >= 11 is 0. The number of carboxylic acid groups (broad SMARTS) is 1. The summed E-state index contributed by atoms with van der Waals surface area (Å²) in [5.41, 5.74) is 0.172. The third kappa shape index (κ3) is 5.54. The number of hydrogen-bond donors (Lipinski definition) is 1. The molecule has 0 radical (unpaired) electrons. The van der Waals surface area contributed by atoms with E-state index in [2.05, 4.69) is 0 Å². The van der Waals surface area contributed by atoms with Crippen LogP contribution in [0, 0.1) is 0 Å². The van der Waals surface area contributed by atoms with Crippen molar-refractivity contribution in [1.29, 1.82) is 0 Å². The van der Waals surface area contributed by atoms with E-state index in [0.29, 0.717) is 37.3 Å². The Morgan fingerprint density at radius 2 is 1.56 bits per heavy atom. The molecule has 9 nitrogen and oxygen atoms in total. The third-order valence-corrected chi connectivity index (χ3v) is 5.05. The number of rotatable bonds is 4. The molecule has 2 heterocycles. The number of aromatic nitrogens is 1. The standard InChI is InChI=1S/C23H27N3O6/c1-23(2,3)32-22(31)25-13-11-24(12-14-25)19(27)15-26-10-4-5-18(20(26)28)16-6-8-17(9-7-16)21(29)30/h4-10H,11-15H2,1-3H3,(H,29,30). The fourth-order valence-corrected chi connectivity index (χ4v) is 3.38. The van der Waals surface area contributed by atoms with E-state index in [1.807, 2.05) is 0 Å². The Hall–Kier alpha value is -3.62. The smallest absolute Gasteiger partial charge is 0.410 e. The highest BCUT2D eigenvalue weighted by Crippen LogP contribution is 2.16. The molecule has 3 rings (SSSR count). The fourth-order valence-electron chi connectivity index (χ4n) is 3.38. The second-order valence-corrected chi connectivity index (χ2v) is 8.59. The topological polar surface area (TPSA) is 109 Å². The molecule has 0 unspecified atom stereocenters. The second-order valence-electron chi connectivity index (χ2n) is 8.59. The minimum Gasteiger partial charge on any atom is -0.478 e. The summed E-state index contributed by atoms with van der Waals surface area (Å²) in [7, 11) is 0. The molecular weight excluding hydrogens is 414 g/mol. The van der Waals surface area contributed by atoms with Gasteiger partial charge in [0, 0.05) is 37.9 Å². The molecule has 1 aromatic carbocycles. The van der Waals surface area contributed by atoms with Gasteiger partial charge in [-0.1, -0.05) is 12.1 Å². The quantitative estimate of drug-likeness (QED) is 0.780. The molecule has 0 spiro atoms. The first kappa shape index (κ1) is 23.1. The molecule has 1 aromatic heterocycles. The van der Waals surface area contributed by atoms with Crippen LogP contribution >= 0.6 is 0 Å². The highest BCUT2D eigenvalue weighted by Gasteiger charge is 2.27. The molecule has 1 N–H and O–H groups in total. The van der Waals surface area contributed by atoms with Gasteiger partial charge in [0.1, 0.15) is 12.1 Å². The number of hydrogen-bond acceptors (Lipinski definition) is 5. The Balaban J connectivity index is 1.65.